The lowest BCUT2D eigenvalue weighted by Crippen LogP contribution is -2.40. The summed E-state index contributed by atoms with van der Waals surface area (Å²) in [6.45, 7) is 3.85. The summed E-state index contributed by atoms with van der Waals surface area (Å²) in [4.78, 5) is 14.1. The Morgan fingerprint density at radius 3 is 2.94 bits per heavy atom. The van der Waals surface area contributed by atoms with E-state index in [4.69, 9.17) is 16.3 Å². The van der Waals surface area contributed by atoms with E-state index in [-0.39, 0.29) is 18.1 Å². The molecule has 2 saturated heterocycles. The average Bonchev–Trinajstić information content (AvgIpc) is 2.87. The van der Waals surface area contributed by atoms with Crippen LogP contribution in [0.2, 0.25) is 0 Å². The molecule has 0 bridgehead atoms. The van der Waals surface area contributed by atoms with Crippen LogP contribution < -0.4 is 0 Å². The number of rotatable bonds is 3. The fourth-order valence-electron chi connectivity index (χ4n) is 2.67. The van der Waals surface area contributed by atoms with Crippen molar-refractivity contribution in [2.45, 2.75) is 44.8 Å². The highest BCUT2D eigenvalue weighted by Gasteiger charge is 2.34. The Balaban J connectivity index is 1.88. The summed E-state index contributed by atoms with van der Waals surface area (Å²) in [5.41, 5.74) is 0. The molecule has 0 N–H and O–H groups in total. The second kappa shape index (κ2) is 5.37. The average molecular weight is 246 g/mol. The van der Waals surface area contributed by atoms with Gasteiger partial charge >= 0.3 is 0 Å². The molecule has 0 saturated carbocycles. The molecule has 0 aromatic carbocycles. The minimum atomic E-state index is 0.152. The van der Waals surface area contributed by atoms with E-state index < -0.39 is 0 Å². The van der Waals surface area contributed by atoms with Gasteiger partial charge in [0, 0.05) is 25.1 Å². The summed E-state index contributed by atoms with van der Waals surface area (Å²) in [7, 11) is 0. The zero-order valence-corrected chi connectivity index (χ0v) is 10.6. The molecule has 2 aliphatic rings. The molecule has 0 aromatic rings. The second-order valence-electron chi connectivity index (χ2n) is 4.91. The van der Waals surface area contributed by atoms with Gasteiger partial charge in [-0.25, -0.2) is 0 Å². The fraction of sp³-hybridized carbons (Fsp3) is 0.917. The predicted molar refractivity (Wildman–Crippen MR) is 63.6 cm³/mol. The Hall–Kier alpha value is -0.280. The molecule has 16 heavy (non-hydrogen) atoms. The van der Waals surface area contributed by atoms with Crippen molar-refractivity contribution in [2.75, 3.05) is 19.0 Å². The Bertz CT molecular complexity index is 253. The van der Waals surface area contributed by atoms with Gasteiger partial charge in [-0.2, -0.15) is 0 Å². The van der Waals surface area contributed by atoms with E-state index >= 15 is 0 Å². The molecule has 3 nitrogen and oxygen atoms in total. The van der Waals surface area contributed by atoms with E-state index in [9.17, 15) is 4.79 Å². The summed E-state index contributed by atoms with van der Waals surface area (Å²) in [6, 6.07) is 0.232. The van der Waals surface area contributed by atoms with Gasteiger partial charge in [-0.3, -0.25) is 4.79 Å². The first-order valence-electron chi connectivity index (χ1n) is 6.19. The Labute approximate surface area is 102 Å². The fourth-order valence-corrected chi connectivity index (χ4v) is 3.14. The highest BCUT2D eigenvalue weighted by atomic mass is 35.5. The number of halogens is 1. The molecule has 3 atom stereocenters. The number of amides is 1. The van der Waals surface area contributed by atoms with Crippen LogP contribution in [0.3, 0.4) is 0 Å². The van der Waals surface area contributed by atoms with Gasteiger partial charge in [0.05, 0.1) is 12.5 Å². The first-order chi connectivity index (χ1) is 7.72. The van der Waals surface area contributed by atoms with Gasteiger partial charge in [0.25, 0.3) is 0 Å². The molecule has 0 radical (unpaired) electrons. The molecule has 0 aromatic heterocycles. The van der Waals surface area contributed by atoms with Crippen LogP contribution in [0, 0.1) is 5.92 Å². The lowest BCUT2D eigenvalue weighted by atomic mass is 10.0. The van der Waals surface area contributed by atoms with Crippen LogP contribution >= 0.6 is 11.6 Å². The van der Waals surface area contributed by atoms with E-state index in [1.807, 2.05) is 4.90 Å². The van der Waals surface area contributed by atoms with E-state index in [1.54, 1.807) is 0 Å². The summed E-state index contributed by atoms with van der Waals surface area (Å²) in [5.74, 6) is 1.31. The standard InChI is InChI=1S/C12H20ClNO2/c1-9-4-5-14(11(9)8-13)12(15)7-10-3-2-6-16-10/h9-11H,2-8H2,1H3. The summed E-state index contributed by atoms with van der Waals surface area (Å²) in [6.07, 6.45) is 3.89. The van der Waals surface area contributed by atoms with Crippen molar-refractivity contribution in [3.63, 3.8) is 0 Å². The molecular weight excluding hydrogens is 226 g/mol. The van der Waals surface area contributed by atoms with Crippen LogP contribution in [0.1, 0.15) is 32.6 Å². The van der Waals surface area contributed by atoms with Crippen LogP contribution in [0.25, 0.3) is 0 Å². The van der Waals surface area contributed by atoms with Gasteiger partial charge in [0.1, 0.15) is 0 Å². The van der Waals surface area contributed by atoms with Crippen LogP contribution in [-0.2, 0) is 9.53 Å². The van der Waals surface area contributed by atoms with Crippen molar-refractivity contribution in [1.29, 1.82) is 0 Å². The number of hydrogen-bond acceptors (Lipinski definition) is 2. The number of carbonyl (C=O) groups excluding carboxylic acids is 1. The molecule has 0 aliphatic carbocycles. The maximum atomic E-state index is 12.1. The van der Waals surface area contributed by atoms with E-state index in [2.05, 4.69) is 6.92 Å². The molecule has 4 heteroatoms. The SMILES string of the molecule is CC1CCN(C(=O)CC2CCCO2)C1CCl. The number of alkyl halides is 1. The van der Waals surface area contributed by atoms with Crippen LogP contribution in [0.5, 0.6) is 0 Å². The topological polar surface area (TPSA) is 29.5 Å². The van der Waals surface area contributed by atoms with Crippen LogP contribution in [-0.4, -0.2) is 42.0 Å². The zero-order valence-electron chi connectivity index (χ0n) is 9.82. The molecule has 0 spiro atoms. The number of ether oxygens (including phenoxy) is 1. The maximum absolute atomic E-state index is 12.1. The molecule has 3 unspecified atom stereocenters. The van der Waals surface area contributed by atoms with Gasteiger partial charge in [0.2, 0.25) is 5.91 Å². The van der Waals surface area contributed by atoms with E-state index in [1.165, 1.54) is 0 Å². The lowest BCUT2D eigenvalue weighted by Gasteiger charge is -2.26. The van der Waals surface area contributed by atoms with Crippen molar-refractivity contribution < 1.29 is 9.53 Å². The lowest BCUT2D eigenvalue weighted by molar-refractivity contribution is -0.134. The third-order valence-corrected chi connectivity index (χ3v) is 4.10. The minimum absolute atomic E-state index is 0.152. The highest BCUT2D eigenvalue weighted by molar-refractivity contribution is 6.18. The molecule has 92 valence electrons. The summed E-state index contributed by atoms with van der Waals surface area (Å²) in [5, 5.41) is 0. The number of hydrogen-bond donors (Lipinski definition) is 0. The monoisotopic (exact) mass is 245 g/mol. The van der Waals surface area contributed by atoms with E-state index in [0.29, 0.717) is 18.2 Å². The minimum Gasteiger partial charge on any atom is -0.378 e. The summed E-state index contributed by atoms with van der Waals surface area (Å²) >= 11 is 5.93. The molecule has 2 rings (SSSR count). The smallest absolute Gasteiger partial charge is 0.225 e. The summed E-state index contributed by atoms with van der Waals surface area (Å²) < 4.78 is 5.50. The Morgan fingerprint density at radius 1 is 1.50 bits per heavy atom. The Morgan fingerprint density at radius 2 is 2.31 bits per heavy atom. The van der Waals surface area contributed by atoms with Crippen molar-refractivity contribution >= 4 is 17.5 Å². The van der Waals surface area contributed by atoms with Gasteiger partial charge in [0.15, 0.2) is 0 Å². The third kappa shape index (κ3) is 2.51. The Kier molecular flexibility index (Phi) is 4.09. The quantitative estimate of drug-likeness (QED) is 0.712. The van der Waals surface area contributed by atoms with Gasteiger partial charge in [-0.15, -0.1) is 11.6 Å². The number of carbonyl (C=O) groups is 1. The van der Waals surface area contributed by atoms with Gasteiger partial charge in [-0.1, -0.05) is 6.92 Å². The van der Waals surface area contributed by atoms with Crippen molar-refractivity contribution in [3.05, 3.63) is 0 Å². The maximum Gasteiger partial charge on any atom is 0.225 e. The molecular formula is C12H20ClNO2. The molecule has 2 heterocycles. The van der Waals surface area contributed by atoms with Gasteiger partial charge < -0.3 is 9.64 Å². The number of nitrogens with zero attached hydrogens (tertiary/aromatic N) is 1. The zero-order chi connectivity index (χ0) is 11.5. The normalized spacial score (nSPS) is 34.6. The molecule has 2 fully saturated rings. The number of likely N-dealkylation sites (tertiary alicyclic amines) is 1. The molecule has 2 aliphatic heterocycles. The van der Waals surface area contributed by atoms with Crippen molar-refractivity contribution in [1.82, 2.24) is 4.90 Å². The predicted octanol–water partition coefficient (Wildman–Crippen LogP) is 2.03. The van der Waals surface area contributed by atoms with Crippen LogP contribution in [0.4, 0.5) is 0 Å². The highest BCUT2D eigenvalue weighted by Crippen LogP contribution is 2.27. The van der Waals surface area contributed by atoms with E-state index in [0.717, 1.165) is 32.4 Å². The van der Waals surface area contributed by atoms with Gasteiger partial charge in [-0.05, 0) is 25.2 Å². The molecule has 1 amide bonds. The first-order valence-corrected chi connectivity index (χ1v) is 6.73. The second-order valence-corrected chi connectivity index (χ2v) is 5.22. The van der Waals surface area contributed by atoms with Crippen LogP contribution in [0.15, 0.2) is 0 Å². The largest absolute Gasteiger partial charge is 0.378 e. The van der Waals surface area contributed by atoms with Crippen molar-refractivity contribution in [2.24, 2.45) is 5.92 Å². The first kappa shape index (κ1) is 12.2. The third-order valence-electron chi connectivity index (χ3n) is 3.79. The van der Waals surface area contributed by atoms with Crippen molar-refractivity contribution in [3.8, 4) is 0 Å².